The Kier molecular flexibility index (Phi) is 8.15. The molecule has 3 amide bonds. The van der Waals surface area contributed by atoms with E-state index in [4.69, 9.17) is 33.7 Å². The molecule has 0 bridgehead atoms. The normalized spacial score (nSPS) is 13.0. The minimum absolute atomic E-state index is 0.0296. The van der Waals surface area contributed by atoms with Crippen LogP contribution in [0, 0.1) is 0 Å². The summed E-state index contributed by atoms with van der Waals surface area (Å²) < 4.78 is 5.44. The third kappa shape index (κ3) is 5.46. The Balaban J connectivity index is 3.26. The van der Waals surface area contributed by atoms with Gasteiger partial charge in [-0.2, -0.15) is 0 Å². The van der Waals surface area contributed by atoms with E-state index >= 15 is 0 Å². The van der Waals surface area contributed by atoms with Crippen molar-refractivity contribution in [1.82, 2.24) is 10.6 Å². The smallest absolute Gasteiger partial charge is 0.405 e. The van der Waals surface area contributed by atoms with Gasteiger partial charge in [-0.25, -0.2) is 9.59 Å². The van der Waals surface area contributed by atoms with E-state index in [1.54, 1.807) is 25.1 Å². The fraction of sp³-hybridized carbons (Fsp3) is 0.500. The molecule has 1 aromatic rings. The fourth-order valence-corrected chi connectivity index (χ4v) is 2.89. The molecule has 1 aromatic carbocycles. The molecule has 4 N–H and O–H groups in total. The summed E-state index contributed by atoms with van der Waals surface area (Å²) in [6.07, 6.45) is 1.11. The second-order valence-electron chi connectivity index (χ2n) is 5.33. The number of carbonyl (C=O) groups excluding carboxylic acids is 2. The molecule has 0 radical (unpaired) electrons. The van der Waals surface area contributed by atoms with Crippen LogP contribution in [0.2, 0.25) is 10.0 Å². The van der Waals surface area contributed by atoms with E-state index in [1.165, 1.54) is 0 Å². The van der Waals surface area contributed by atoms with Gasteiger partial charge in [-0.3, -0.25) is 0 Å². The molecule has 1 unspecified atom stereocenters. The highest BCUT2D eigenvalue weighted by Gasteiger charge is 2.38. The number of halogens is 2. The zero-order valence-corrected chi connectivity index (χ0v) is 15.3. The number of ether oxygens (including phenoxy) is 1. The Morgan fingerprint density at radius 1 is 1.25 bits per heavy atom. The number of benzene rings is 1. The average molecular weight is 376 g/mol. The minimum Gasteiger partial charge on any atom is -0.436 e. The molecule has 0 spiro atoms. The fourth-order valence-electron chi connectivity index (χ4n) is 2.42. The van der Waals surface area contributed by atoms with E-state index in [2.05, 4.69) is 10.6 Å². The Bertz CT molecular complexity index is 584. The van der Waals surface area contributed by atoms with Crippen molar-refractivity contribution in [3.05, 3.63) is 33.8 Å². The zero-order valence-electron chi connectivity index (χ0n) is 13.8. The lowest BCUT2D eigenvalue weighted by Gasteiger charge is -2.34. The van der Waals surface area contributed by atoms with Crippen LogP contribution >= 0.6 is 23.2 Å². The summed E-state index contributed by atoms with van der Waals surface area (Å²) >= 11 is 12.4. The monoisotopic (exact) mass is 375 g/mol. The number of amides is 3. The number of rotatable bonds is 8. The molecule has 0 heterocycles. The zero-order chi connectivity index (χ0) is 18.2. The molecular weight excluding hydrogens is 353 g/mol. The van der Waals surface area contributed by atoms with Crippen LogP contribution in [0.15, 0.2) is 18.2 Å². The molecule has 6 nitrogen and oxygen atoms in total. The molecular formula is C16H23Cl2N3O3. The van der Waals surface area contributed by atoms with E-state index in [-0.39, 0.29) is 17.6 Å². The summed E-state index contributed by atoms with van der Waals surface area (Å²) in [6, 6.07) is 4.69. The highest BCUT2D eigenvalue weighted by molar-refractivity contribution is 6.42. The van der Waals surface area contributed by atoms with Gasteiger partial charge in [0.2, 0.25) is 0 Å². The van der Waals surface area contributed by atoms with Crippen LogP contribution in [-0.2, 0) is 10.3 Å². The molecule has 0 aliphatic carbocycles. The Morgan fingerprint density at radius 2 is 1.96 bits per heavy atom. The second kappa shape index (κ2) is 9.59. The average Bonchev–Trinajstić information content (AvgIpc) is 2.53. The van der Waals surface area contributed by atoms with Crippen LogP contribution in [0.1, 0.15) is 38.7 Å². The van der Waals surface area contributed by atoms with Crippen LogP contribution in [0.5, 0.6) is 0 Å². The molecule has 0 saturated carbocycles. The van der Waals surface area contributed by atoms with Gasteiger partial charge >= 0.3 is 12.1 Å². The van der Waals surface area contributed by atoms with Crippen molar-refractivity contribution in [2.45, 2.75) is 38.7 Å². The SMILES string of the molecule is CCCCC(CNC(=O)NCC)(OC(N)=O)c1cccc(Cl)c1Cl. The van der Waals surface area contributed by atoms with Gasteiger partial charge in [0.05, 0.1) is 16.6 Å². The maximum Gasteiger partial charge on any atom is 0.405 e. The van der Waals surface area contributed by atoms with Gasteiger partial charge in [-0.1, -0.05) is 48.7 Å². The number of urea groups is 1. The first-order valence-corrected chi connectivity index (χ1v) is 8.56. The van der Waals surface area contributed by atoms with E-state index in [0.717, 1.165) is 12.8 Å². The van der Waals surface area contributed by atoms with Crippen molar-refractivity contribution in [3.8, 4) is 0 Å². The second-order valence-corrected chi connectivity index (χ2v) is 6.12. The largest absolute Gasteiger partial charge is 0.436 e. The van der Waals surface area contributed by atoms with Crippen LogP contribution in [0.3, 0.4) is 0 Å². The van der Waals surface area contributed by atoms with E-state index in [0.29, 0.717) is 23.6 Å². The van der Waals surface area contributed by atoms with Gasteiger partial charge in [0.25, 0.3) is 0 Å². The summed E-state index contributed by atoms with van der Waals surface area (Å²) in [4.78, 5) is 23.3. The number of carbonyl (C=O) groups is 2. The first-order valence-electron chi connectivity index (χ1n) is 7.81. The maximum absolute atomic E-state index is 11.8. The number of primary amides is 1. The molecule has 0 saturated heterocycles. The van der Waals surface area contributed by atoms with Crippen molar-refractivity contribution in [2.75, 3.05) is 13.1 Å². The molecule has 134 valence electrons. The quantitative estimate of drug-likeness (QED) is 0.644. The van der Waals surface area contributed by atoms with Crippen molar-refractivity contribution in [3.63, 3.8) is 0 Å². The van der Waals surface area contributed by atoms with Gasteiger partial charge in [0.15, 0.2) is 5.60 Å². The predicted octanol–water partition coefficient (Wildman–Crippen LogP) is 3.79. The van der Waals surface area contributed by atoms with Crippen LogP contribution in [0.25, 0.3) is 0 Å². The highest BCUT2D eigenvalue weighted by Crippen LogP contribution is 2.38. The molecule has 0 fully saturated rings. The Labute approximate surface area is 152 Å². The number of nitrogens with one attached hydrogen (secondary N) is 2. The van der Waals surface area contributed by atoms with Crippen LogP contribution < -0.4 is 16.4 Å². The van der Waals surface area contributed by atoms with Gasteiger partial charge in [0, 0.05) is 12.1 Å². The third-order valence-corrected chi connectivity index (χ3v) is 4.36. The molecule has 0 aliphatic heterocycles. The van der Waals surface area contributed by atoms with Gasteiger partial charge in [0.1, 0.15) is 0 Å². The van der Waals surface area contributed by atoms with E-state index < -0.39 is 11.7 Å². The van der Waals surface area contributed by atoms with Crippen LogP contribution in [-0.4, -0.2) is 25.2 Å². The maximum atomic E-state index is 11.8. The number of hydrogen-bond donors (Lipinski definition) is 3. The summed E-state index contributed by atoms with van der Waals surface area (Å²) in [6.45, 7) is 4.31. The molecule has 0 aromatic heterocycles. The lowest BCUT2D eigenvalue weighted by molar-refractivity contribution is 0.00639. The van der Waals surface area contributed by atoms with E-state index in [1.807, 2.05) is 6.92 Å². The lowest BCUT2D eigenvalue weighted by Crippen LogP contribution is -2.48. The molecule has 24 heavy (non-hydrogen) atoms. The summed E-state index contributed by atoms with van der Waals surface area (Å²) in [5, 5.41) is 5.93. The van der Waals surface area contributed by atoms with Crippen molar-refractivity contribution in [1.29, 1.82) is 0 Å². The molecule has 1 rings (SSSR count). The molecule has 8 heteroatoms. The van der Waals surface area contributed by atoms with Gasteiger partial charge < -0.3 is 21.1 Å². The summed E-state index contributed by atoms with van der Waals surface area (Å²) in [7, 11) is 0. The Hall–Kier alpha value is -1.66. The minimum atomic E-state index is -1.19. The van der Waals surface area contributed by atoms with Crippen LogP contribution in [0.4, 0.5) is 9.59 Å². The van der Waals surface area contributed by atoms with Crippen molar-refractivity contribution in [2.24, 2.45) is 5.73 Å². The Morgan fingerprint density at radius 3 is 2.54 bits per heavy atom. The number of hydrogen-bond acceptors (Lipinski definition) is 3. The van der Waals surface area contributed by atoms with Crippen molar-refractivity contribution >= 4 is 35.3 Å². The topological polar surface area (TPSA) is 93.4 Å². The molecule has 1 atom stereocenters. The number of nitrogens with two attached hydrogens (primary N) is 1. The standard InChI is InChI=1S/C16H23Cl2N3O3/c1-3-5-9-16(24-14(19)22,10-21-15(23)20-4-2)11-7-6-8-12(17)13(11)18/h6-8H,3-5,9-10H2,1-2H3,(H2,19,22)(H2,20,21,23). The van der Waals surface area contributed by atoms with Gasteiger partial charge in [-0.05, 0) is 25.8 Å². The summed E-state index contributed by atoms with van der Waals surface area (Å²) in [5.41, 5.74) is 4.60. The molecule has 0 aliphatic rings. The highest BCUT2D eigenvalue weighted by atomic mass is 35.5. The predicted molar refractivity (Wildman–Crippen MR) is 95.4 cm³/mol. The lowest BCUT2D eigenvalue weighted by atomic mass is 9.88. The number of unbranched alkanes of at least 4 members (excludes halogenated alkanes) is 1. The van der Waals surface area contributed by atoms with E-state index in [9.17, 15) is 9.59 Å². The summed E-state index contributed by atoms with van der Waals surface area (Å²) in [5.74, 6) is 0. The van der Waals surface area contributed by atoms with Gasteiger partial charge in [-0.15, -0.1) is 0 Å². The first kappa shape index (κ1) is 20.4. The first-order chi connectivity index (χ1) is 11.4. The third-order valence-electron chi connectivity index (χ3n) is 3.54. The van der Waals surface area contributed by atoms with Crippen molar-refractivity contribution < 1.29 is 14.3 Å².